The van der Waals surface area contributed by atoms with Crippen molar-refractivity contribution in [3.8, 4) is 11.5 Å². The lowest BCUT2D eigenvalue weighted by Gasteiger charge is -2.16. The van der Waals surface area contributed by atoms with E-state index in [4.69, 9.17) is 9.47 Å². The number of aryl methyl sites for hydroxylation is 1. The van der Waals surface area contributed by atoms with Crippen LogP contribution >= 0.6 is 0 Å². The molecule has 25 heavy (non-hydrogen) atoms. The zero-order chi connectivity index (χ0) is 18.2. The van der Waals surface area contributed by atoms with Gasteiger partial charge in [0.25, 0.3) is 0 Å². The van der Waals surface area contributed by atoms with Gasteiger partial charge in [-0.2, -0.15) is 0 Å². The first-order valence-electron chi connectivity index (χ1n) is 8.35. The van der Waals surface area contributed by atoms with Crippen molar-refractivity contribution >= 4 is 12.0 Å². The quantitative estimate of drug-likeness (QED) is 0.765. The molecule has 0 bridgehead atoms. The molecule has 0 radical (unpaired) electrons. The van der Waals surface area contributed by atoms with Crippen molar-refractivity contribution in [1.29, 1.82) is 0 Å². The minimum Gasteiger partial charge on any atom is -0.493 e. The molecule has 0 fully saturated rings. The SMILES string of the molecule is CC[C@H](NC(=O)/C=C/c1cccc(OC)c1OC)c1ccc(C)cc1. The third-order valence-corrected chi connectivity index (χ3v) is 4.05. The highest BCUT2D eigenvalue weighted by Gasteiger charge is 2.11. The highest BCUT2D eigenvalue weighted by molar-refractivity contribution is 5.92. The lowest BCUT2D eigenvalue weighted by Crippen LogP contribution is -2.26. The van der Waals surface area contributed by atoms with Gasteiger partial charge in [0, 0.05) is 11.6 Å². The van der Waals surface area contributed by atoms with E-state index in [1.165, 1.54) is 11.6 Å². The molecule has 1 N–H and O–H groups in total. The van der Waals surface area contributed by atoms with Gasteiger partial charge in [0.05, 0.1) is 20.3 Å². The number of hydrogen-bond donors (Lipinski definition) is 1. The van der Waals surface area contributed by atoms with E-state index in [0.717, 1.165) is 17.5 Å². The number of para-hydroxylation sites is 1. The largest absolute Gasteiger partial charge is 0.493 e. The van der Waals surface area contributed by atoms with E-state index >= 15 is 0 Å². The molecule has 0 aromatic heterocycles. The molecule has 0 aliphatic rings. The van der Waals surface area contributed by atoms with Crippen molar-refractivity contribution in [3.63, 3.8) is 0 Å². The summed E-state index contributed by atoms with van der Waals surface area (Å²) in [5, 5.41) is 3.04. The third kappa shape index (κ3) is 4.86. The molecule has 2 aromatic rings. The first-order valence-corrected chi connectivity index (χ1v) is 8.35. The van der Waals surface area contributed by atoms with Crippen molar-refractivity contribution in [2.24, 2.45) is 0 Å². The van der Waals surface area contributed by atoms with Gasteiger partial charge in [-0.25, -0.2) is 0 Å². The number of rotatable bonds is 7. The first kappa shape index (κ1) is 18.6. The number of hydrogen-bond acceptors (Lipinski definition) is 3. The fourth-order valence-electron chi connectivity index (χ4n) is 2.65. The lowest BCUT2D eigenvalue weighted by molar-refractivity contribution is -0.117. The number of amides is 1. The maximum atomic E-state index is 12.3. The zero-order valence-electron chi connectivity index (χ0n) is 15.2. The van der Waals surface area contributed by atoms with Crippen LogP contribution in [0.1, 0.15) is 36.1 Å². The fourth-order valence-corrected chi connectivity index (χ4v) is 2.65. The number of ether oxygens (including phenoxy) is 2. The average molecular weight is 339 g/mol. The highest BCUT2D eigenvalue weighted by Crippen LogP contribution is 2.31. The van der Waals surface area contributed by atoms with E-state index < -0.39 is 0 Å². The molecular formula is C21H25NO3. The Hall–Kier alpha value is -2.75. The van der Waals surface area contributed by atoms with Gasteiger partial charge in [-0.3, -0.25) is 4.79 Å². The van der Waals surface area contributed by atoms with E-state index in [-0.39, 0.29) is 11.9 Å². The summed E-state index contributed by atoms with van der Waals surface area (Å²) < 4.78 is 10.6. The first-order chi connectivity index (χ1) is 12.1. The molecule has 132 valence electrons. The molecule has 0 spiro atoms. The van der Waals surface area contributed by atoms with Crippen LogP contribution in [-0.4, -0.2) is 20.1 Å². The average Bonchev–Trinajstić information content (AvgIpc) is 2.64. The van der Waals surface area contributed by atoms with Crippen LogP contribution in [0.3, 0.4) is 0 Å². The summed E-state index contributed by atoms with van der Waals surface area (Å²) in [5.41, 5.74) is 3.10. The maximum Gasteiger partial charge on any atom is 0.244 e. The van der Waals surface area contributed by atoms with Crippen LogP contribution in [0.5, 0.6) is 11.5 Å². The Balaban J connectivity index is 2.11. The van der Waals surface area contributed by atoms with Gasteiger partial charge in [-0.15, -0.1) is 0 Å². The molecule has 1 atom stereocenters. The summed E-state index contributed by atoms with van der Waals surface area (Å²) in [6, 6.07) is 13.8. The zero-order valence-corrected chi connectivity index (χ0v) is 15.2. The Morgan fingerprint density at radius 3 is 2.44 bits per heavy atom. The Morgan fingerprint density at radius 2 is 1.84 bits per heavy atom. The van der Waals surface area contributed by atoms with E-state index in [1.807, 2.05) is 25.1 Å². The molecule has 2 aromatic carbocycles. The second-order valence-electron chi connectivity index (χ2n) is 5.80. The van der Waals surface area contributed by atoms with Crippen molar-refractivity contribution in [2.45, 2.75) is 26.3 Å². The maximum absolute atomic E-state index is 12.3. The standard InChI is InChI=1S/C21H25NO3/c1-5-18(16-11-9-15(2)10-12-16)22-20(23)14-13-17-7-6-8-19(24-3)21(17)25-4/h6-14,18H,5H2,1-4H3,(H,22,23)/b14-13+/t18-/m0/s1. The van der Waals surface area contributed by atoms with Crippen molar-refractivity contribution in [2.75, 3.05) is 14.2 Å². The molecule has 0 saturated carbocycles. The molecule has 0 aliphatic carbocycles. The van der Waals surface area contributed by atoms with E-state index in [0.29, 0.717) is 11.5 Å². The summed E-state index contributed by atoms with van der Waals surface area (Å²) >= 11 is 0. The predicted octanol–water partition coefficient (Wildman–Crippen LogP) is 4.29. The number of carbonyl (C=O) groups excluding carboxylic acids is 1. The van der Waals surface area contributed by atoms with E-state index in [9.17, 15) is 4.79 Å². The molecule has 0 heterocycles. The lowest BCUT2D eigenvalue weighted by atomic mass is 10.0. The molecule has 1 amide bonds. The van der Waals surface area contributed by atoms with Gasteiger partial charge in [0.15, 0.2) is 11.5 Å². The fraction of sp³-hybridized carbons (Fsp3) is 0.286. The molecule has 4 heteroatoms. The minimum absolute atomic E-state index is 0.00930. The van der Waals surface area contributed by atoms with E-state index in [1.54, 1.807) is 20.3 Å². The van der Waals surface area contributed by atoms with Gasteiger partial charge in [-0.05, 0) is 31.1 Å². The topological polar surface area (TPSA) is 47.6 Å². The van der Waals surface area contributed by atoms with Crippen LogP contribution in [0.25, 0.3) is 6.08 Å². The van der Waals surface area contributed by atoms with Gasteiger partial charge in [0.1, 0.15) is 0 Å². The smallest absolute Gasteiger partial charge is 0.244 e. The number of nitrogens with one attached hydrogen (secondary N) is 1. The van der Waals surface area contributed by atoms with Crippen LogP contribution in [0.4, 0.5) is 0 Å². The van der Waals surface area contributed by atoms with Gasteiger partial charge in [0.2, 0.25) is 5.91 Å². The summed E-state index contributed by atoms with van der Waals surface area (Å²) in [5.74, 6) is 1.10. The Morgan fingerprint density at radius 1 is 1.12 bits per heavy atom. The van der Waals surface area contributed by atoms with Crippen molar-refractivity contribution < 1.29 is 14.3 Å². The highest BCUT2D eigenvalue weighted by atomic mass is 16.5. The van der Waals surface area contributed by atoms with Gasteiger partial charge >= 0.3 is 0 Å². The third-order valence-electron chi connectivity index (χ3n) is 4.05. The van der Waals surface area contributed by atoms with Gasteiger partial charge in [-0.1, -0.05) is 48.9 Å². The summed E-state index contributed by atoms with van der Waals surface area (Å²) in [6.45, 7) is 4.10. The Bertz CT molecular complexity index is 735. The van der Waals surface area contributed by atoms with E-state index in [2.05, 4.69) is 36.5 Å². The van der Waals surface area contributed by atoms with Crippen LogP contribution in [0.15, 0.2) is 48.5 Å². The number of carbonyl (C=O) groups is 1. The molecule has 0 saturated heterocycles. The monoisotopic (exact) mass is 339 g/mol. The second kappa shape index (κ2) is 8.92. The molecule has 4 nitrogen and oxygen atoms in total. The summed E-state index contributed by atoms with van der Waals surface area (Å²) in [4.78, 5) is 12.3. The van der Waals surface area contributed by atoms with Crippen LogP contribution in [0, 0.1) is 6.92 Å². The Labute approximate surface area is 149 Å². The molecular weight excluding hydrogens is 314 g/mol. The number of benzene rings is 2. The predicted molar refractivity (Wildman–Crippen MR) is 101 cm³/mol. The van der Waals surface area contributed by atoms with Gasteiger partial charge < -0.3 is 14.8 Å². The normalized spacial score (nSPS) is 12.0. The Kier molecular flexibility index (Phi) is 6.63. The molecule has 2 rings (SSSR count). The summed E-state index contributed by atoms with van der Waals surface area (Å²) in [6.07, 6.45) is 4.08. The van der Waals surface area contributed by atoms with Crippen LogP contribution < -0.4 is 14.8 Å². The van der Waals surface area contributed by atoms with Crippen molar-refractivity contribution in [3.05, 3.63) is 65.2 Å². The molecule has 0 unspecified atom stereocenters. The number of methoxy groups -OCH3 is 2. The summed E-state index contributed by atoms with van der Waals surface area (Å²) in [7, 11) is 3.17. The van der Waals surface area contributed by atoms with Crippen LogP contribution in [0.2, 0.25) is 0 Å². The second-order valence-corrected chi connectivity index (χ2v) is 5.80. The van der Waals surface area contributed by atoms with Crippen molar-refractivity contribution in [1.82, 2.24) is 5.32 Å². The van der Waals surface area contributed by atoms with Crippen LogP contribution in [-0.2, 0) is 4.79 Å². The molecule has 0 aliphatic heterocycles. The minimum atomic E-state index is -0.141.